The van der Waals surface area contributed by atoms with Gasteiger partial charge in [0.1, 0.15) is 6.07 Å². The lowest BCUT2D eigenvalue weighted by atomic mass is 10.2. The average molecular weight is 190 g/mol. The van der Waals surface area contributed by atoms with E-state index in [-0.39, 0.29) is 5.75 Å². The summed E-state index contributed by atoms with van der Waals surface area (Å²) < 4.78 is 18.4. The van der Waals surface area contributed by atoms with E-state index in [0.717, 1.165) is 0 Å². The fourth-order valence-electron chi connectivity index (χ4n) is 1.39. The summed E-state index contributed by atoms with van der Waals surface area (Å²) in [4.78, 5) is 2.70. The molecule has 0 aliphatic heterocycles. The Kier molecular flexibility index (Phi) is 1.86. The third kappa shape index (κ3) is 1.03. The molecule has 0 unspecified atom stereocenters. The number of nitrogens with one attached hydrogen (secondary N) is 1. The summed E-state index contributed by atoms with van der Waals surface area (Å²) in [5.74, 6) is -0.296. The molecule has 0 saturated heterocycles. The maximum absolute atomic E-state index is 13.6. The number of aromatic nitrogens is 1. The van der Waals surface area contributed by atoms with Crippen molar-refractivity contribution in [3.63, 3.8) is 0 Å². The van der Waals surface area contributed by atoms with Crippen LogP contribution in [0.1, 0.15) is 5.56 Å². The molecule has 0 amide bonds. The Morgan fingerprint density at radius 2 is 2.29 bits per heavy atom. The van der Waals surface area contributed by atoms with Crippen LogP contribution in [0.2, 0.25) is 0 Å². The second kappa shape index (κ2) is 3.04. The molecule has 2 aromatic rings. The Labute approximate surface area is 79.7 Å². The number of hydrogen-bond donors (Lipinski definition) is 1. The third-order valence-electron chi connectivity index (χ3n) is 2.10. The number of rotatable bonds is 1. The lowest BCUT2D eigenvalue weighted by molar-refractivity contribution is 0.388. The second-order valence-electron chi connectivity index (χ2n) is 2.82. The van der Waals surface area contributed by atoms with Crippen molar-refractivity contribution in [1.82, 2.24) is 4.98 Å². The van der Waals surface area contributed by atoms with Gasteiger partial charge in [-0.15, -0.1) is 0 Å². The first kappa shape index (κ1) is 8.57. The minimum Gasteiger partial charge on any atom is -0.494 e. The lowest BCUT2D eigenvalue weighted by Crippen LogP contribution is -1.88. The van der Waals surface area contributed by atoms with E-state index < -0.39 is 5.82 Å². The van der Waals surface area contributed by atoms with Crippen LogP contribution in [0.25, 0.3) is 10.9 Å². The second-order valence-corrected chi connectivity index (χ2v) is 2.82. The normalized spacial score (nSPS) is 10.1. The minimum atomic E-state index is -0.466. The number of nitriles is 1. The van der Waals surface area contributed by atoms with E-state index in [4.69, 9.17) is 10.00 Å². The summed E-state index contributed by atoms with van der Waals surface area (Å²) in [6.45, 7) is 0. The minimum absolute atomic E-state index is 0.170. The van der Waals surface area contributed by atoms with Crippen LogP contribution in [0.5, 0.6) is 5.75 Å². The van der Waals surface area contributed by atoms with Gasteiger partial charge in [0.25, 0.3) is 0 Å². The number of ether oxygens (including phenoxy) is 1. The predicted octanol–water partition coefficient (Wildman–Crippen LogP) is 2.19. The first-order valence-corrected chi connectivity index (χ1v) is 4.01. The summed E-state index contributed by atoms with van der Waals surface area (Å²) in [7, 11) is 1.40. The molecule has 1 aromatic carbocycles. The maximum Gasteiger partial charge on any atom is 0.189 e. The molecule has 70 valence electrons. The zero-order valence-corrected chi connectivity index (χ0v) is 7.47. The van der Waals surface area contributed by atoms with Crippen molar-refractivity contribution in [1.29, 1.82) is 5.26 Å². The highest BCUT2D eigenvalue weighted by Crippen LogP contribution is 2.27. The summed E-state index contributed by atoms with van der Waals surface area (Å²) in [6, 6.07) is 5.14. The topological polar surface area (TPSA) is 48.8 Å². The molecule has 2 rings (SSSR count). The van der Waals surface area contributed by atoms with Gasteiger partial charge in [-0.05, 0) is 12.1 Å². The Balaban J connectivity index is 2.80. The summed E-state index contributed by atoms with van der Waals surface area (Å²) >= 11 is 0. The highest BCUT2D eigenvalue weighted by molar-refractivity contribution is 5.87. The molecule has 0 spiro atoms. The highest BCUT2D eigenvalue weighted by Gasteiger charge is 2.11. The number of fused-ring (bicyclic) bond motifs is 1. The van der Waals surface area contributed by atoms with Crippen molar-refractivity contribution in [3.05, 3.63) is 29.7 Å². The number of H-pyrrole nitrogens is 1. The molecule has 1 heterocycles. The first-order valence-electron chi connectivity index (χ1n) is 4.01. The number of benzene rings is 1. The number of halogens is 1. The van der Waals surface area contributed by atoms with E-state index in [9.17, 15) is 4.39 Å². The number of aromatic amines is 1. The van der Waals surface area contributed by atoms with E-state index in [1.165, 1.54) is 19.4 Å². The number of nitrogens with zero attached hydrogens (tertiary/aromatic N) is 1. The highest BCUT2D eigenvalue weighted by atomic mass is 19.1. The number of hydrogen-bond acceptors (Lipinski definition) is 2. The van der Waals surface area contributed by atoms with Crippen molar-refractivity contribution in [2.24, 2.45) is 0 Å². The molecule has 0 bridgehead atoms. The molecule has 0 atom stereocenters. The van der Waals surface area contributed by atoms with Gasteiger partial charge >= 0.3 is 0 Å². The largest absolute Gasteiger partial charge is 0.494 e. The average Bonchev–Trinajstić information content (AvgIpc) is 2.62. The van der Waals surface area contributed by atoms with Gasteiger partial charge in [-0.1, -0.05) is 0 Å². The summed E-state index contributed by atoms with van der Waals surface area (Å²) in [5, 5.41) is 9.29. The van der Waals surface area contributed by atoms with E-state index >= 15 is 0 Å². The summed E-state index contributed by atoms with van der Waals surface area (Å²) in [5.41, 5.74) is 0.738. The molecule has 14 heavy (non-hydrogen) atoms. The van der Waals surface area contributed by atoms with Crippen LogP contribution in [0, 0.1) is 17.1 Å². The van der Waals surface area contributed by atoms with Gasteiger partial charge in [0.05, 0.1) is 18.2 Å². The molecular weight excluding hydrogens is 183 g/mol. The zero-order chi connectivity index (χ0) is 10.1. The van der Waals surface area contributed by atoms with Gasteiger partial charge in [-0.2, -0.15) is 5.26 Å². The fourth-order valence-corrected chi connectivity index (χ4v) is 1.39. The van der Waals surface area contributed by atoms with E-state index in [1.54, 1.807) is 6.07 Å². The van der Waals surface area contributed by atoms with Gasteiger partial charge in [0.15, 0.2) is 11.6 Å². The smallest absolute Gasteiger partial charge is 0.189 e. The predicted molar refractivity (Wildman–Crippen MR) is 49.5 cm³/mol. The Bertz CT molecular complexity index is 525. The van der Waals surface area contributed by atoms with Crippen molar-refractivity contribution in [2.45, 2.75) is 0 Å². The quantitative estimate of drug-likeness (QED) is 0.749. The molecule has 0 fully saturated rings. The third-order valence-corrected chi connectivity index (χ3v) is 2.10. The molecule has 1 N–H and O–H groups in total. The van der Waals surface area contributed by atoms with Crippen molar-refractivity contribution in [3.8, 4) is 11.8 Å². The van der Waals surface area contributed by atoms with Crippen LogP contribution in [-0.2, 0) is 0 Å². The van der Waals surface area contributed by atoms with Crippen LogP contribution in [-0.4, -0.2) is 12.1 Å². The van der Waals surface area contributed by atoms with Gasteiger partial charge in [0, 0.05) is 11.6 Å². The van der Waals surface area contributed by atoms with Gasteiger partial charge in [-0.3, -0.25) is 0 Å². The van der Waals surface area contributed by atoms with E-state index in [0.29, 0.717) is 16.5 Å². The number of methoxy groups -OCH3 is 1. The van der Waals surface area contributed by atoms with Crippen molar-refractivity contribution in [2.75, 3.05) is 7.11 Å². The maximum atomic E-state index is 13.6. The molecule has 0 aliphatic rings. The van der Waals surface area contributed by atoms with E-state index in [2.05, 4.69) is 4.98 Å². The Morgan fingerprint density at radius 1 is 1.50 bits per heavy atom. The monoisotopic (exact) mass is 190 g/mol. The Hall–Kier alpha value is -2.02. The van der Waals surface area contributed by atoms with Crippen molar-refractivity contribution >= 4 is 10.9 Å². The fraction of sp³-hybridized carbons (Fsp3) is 0.100. The molecule has 1 aromatic heterocycles. The zero-order valence-electron chi connectivity index (χ0n) is 7.47. The van der Waals surface area contributed by atoms with Gasteiger partial charge in [0.2, 0.25) is 0 Å². The molecule has 0 radical (unpaired) electrons. The molecule has 0 aliphatic carbocycles. The Morgan fingerprint density at radius 3 is 2.93 bits per heavy atom. The van der Waals surface area contributed by atoms with Crippen LogP contribution in [0.15, 0.2) is 18.3 Å². The lowest BCUT2D eigenvalue weighted by Gasteiger charge is -2.01. The molecule has 3 nitrogen and oxygen atoms in total. The molecular formula is C10H7FN2O. The van der Waals surface area contributed by atoms with Crippen LogP contribution in [0.4, 0.5) is 4.39 Å². The van der Waals surface area contributed by atoms with Crippen molar-refractivity contribution < 1.29 is 9.13 Å². The van der Waals surface area contributed by atoms with Crippen LogP contribution >= 0.6 is 0 Å². The van der Waals surface area contributed by atoms with Crippen LogP contribution < -0.4 is 4.74 Å². The first-order chi connectivity index (χ1) is 6.77. The molecule has 4 heteroatoms. The van der Waals surface area contributed by atoms with Crippen LogP contribution in [0.3, 0.4) is 0 Å². The standard InChI is InChI=1S/C10H7FN2O/c1-14-8-3-2-7-6(4-12)5-13-10(7)9(8)11/h2-3,5,13H,1H3. The van der Waals surface area contributed by atoms with Gasteiger partial charge < -0.3 is 9.72 Å². The van der Waals surface area contributed by atoms with E-state index in [1.807, 2.05) is 6.07 Å². The molecule has 0 saturated carbocycles. The summed E-state index contributed by atoms with van der Waals surface area (Å²) in [6.07, 6.45) is 1.48. The SMILES string of the molecule is COc1ccc2c(C#N)c[nH]c2c1F. The van der Waals surface area contributed by atoms with Gasteiger partial charge in [-0.25, -0.2) is 4.39 Å².